The van der Waals surface area contributed by atoms with Crippen LogP contribution in [0.2, 0.25) is 0 Å². The lowest BCUT2D eigenvalue weighted by Crippen LogP contribution is -2.17. The molecule has 0 bridgehead atoms. The van der Waals surface area contributed by atoms with Gasteiger partial charge >= 0.3 is 0 Å². The van der Waals surface area contributed by atoms with E-state index in [0.717, 1.165) is 5.01 Å². The normalized spacial score (nSPS) is 14.7. The summed E-state index contributed by atoms with van der Waals surface area (Å²) >= 11 is 1.79. The fraction of sp³-hybridized carbons (Fsp3) is 0.533. The maximum atomic E-state index is 4.63. The first-order valence-corrected chi connectivity index (χ1v) is 7.69. The van der Waals surface area contributed by atoms with Crippen LogP contribution in [0, 0.1) is 6.92 Å². The number of anilines is 1. The molecule has 3 rings (SSSR count). The predicted molar refractivity (Wildman–Crippen MR) is 81.8 cm³/mol. The van der Waals surface area contributed by atoms with Gasteiger partial charge in [0.2, 0.25) is 0 Å². The number of hydrogen-bond acceptors (Lipinski definition) is 3. The third kappa shape index (κ3) is 2.83. The van der Waals surface area contributed by atoms with E-state index >= 15 is 0 Å². The first-order chi connectivity index (χ1) is 8.76. The molecule has 0 spiro atoms. The van der Waals surface area contributed by atoms with E-state index in [-0.39, 0.29) is 0 Å². The minimum atomic E-state index is 1.16. The van der Waals surface area contributed by atoms with Gasteiger partial charge in [-0.2, -0.15) is 0 Å². The van der Waals surface area contributed by atoms with E-state index in [0.29, 0.717) is 0 Å². The van der Waals surface area contributed by atoms with Crippen molar-refractivity contribution in [3.8, 4) is 0 Å². The molecule has 1 aromatic heterocycles. The van der Waals surface area contributed by atoms with Gasteiger partial charge in [-0.05, 0) is 31.9 Å². The van der Waals surface area contributed by atoms with E-state index < -0.39 is 0 Å². The Labute approximate surface area is 114 Å². The summed E-state index contributed by atoms with van der Waals surface area (Å²) in [6, 6.07) is 6.51. The number of fused-ring (bicyclic) bond motifs is 1. The van der Waals surface area contributed by atoms with Crippen molar-refractivity contribution < 1.29 is 0 Å². The number of aryl methyl sites for hydroxylation is 1. The number of aromatic nitrogens is 1. The molecule has 2 aromatic rings. The standard InChI is InChI=1S/C12H14N2S.C3H8/c1-9-13-12-10(14-7-2-3-8-14)5-4-6-11(12)15-9;1-3-2/h4-6H,2-3,7-8H2,1H3;3H2,1-2H3. The average Bonchev–Trinajstić information content (AvgIpc) is 2.96. The molecule has 1 fully saturated rings. The highest BCUT2D eigenvalue weighted by Crippen LogP contribution is 2.31. The summed E-state index contributed by atoms with van der Waals surface area (Å²) in [5, 5.41) is 1.16. The highest BCUT2D eigenvalue weighted by Gasteiger charge is 2.16. The minimum absolute atomic E-state index is 1.16. The molecule has 0 unspecified atom stereocenters. The fourth-order valence-corrected chi connectivity index (χ4v) is 3.11. The van der Waals surface area contributed by atoms with Gasteiger partial charge in [0.25, 0.3) is 0 Å². The quantitative estimate of drug-likeness (QED) is 0.745. The molecule has 0 saturated carbocycles. The van der Waals surface area contributed by atoms with Crippen LogP contribution >= 0.6 is 11.3 Å². The van der Waals surface area contributed by atoms with Crippen molar-refractivity contribution in [1.82, 2.24) is 4.98 Å². The van der Waals surface area contributed by atoms with Gasteiger partial charge in [-0.1, -0.05) is 26.3 Å². The SMILES string of the molecule is CCC.Cc1nc2c(N3CCCC3)cccc2s1. The molecule has 2 heterocycles. The summed E-state index contributed by atoms with van der Waals surface area (Å²) in [5.41, 5.74) is 2.52. The van der Waals surface area contributed by atoms with E-state index in [4.69, 9.17) is 0 Å². The second-order valence-corrected chi connectivity index (χ2v) is 5.99. The molecule has 18 heavy (non-hydrogen) atoms. The molecule has 1 aromatic carbocycles. The summed E-state index contributed by atoms with van der Waals surface area (Å²) in [4.78, 5) is 7.09. The van der Waals surface area contributed by atoms with Crippen LogP contribution in [0.1, 0.15) is 38.1 Å². The highest BCUT2D eigenvalue weighted by molar-refractivity contribution is 7.18. The Morgan fingerprint density at radius 2 is 1.89 bits per heavy atom. The third-order valence-corrected chi connectivity index (χ3v) is 3.89. The second kappa shape index (κ2) is 6.19. The summed E-state index contributed by atoms with van der Waals surface area (Å²) < 4.78 is 1.32. The number of hydrogen-bond donors (Lipinski definition) is 0. The van der Waals surface area contributed by atoms with E-state index in [9.17, 15) is 0 Å². The monoisotopic (exact) mass is 262 g/mol. The molecule has 0 radical (unpaired) electrons. The highest BCUT2D eigenvalue weighted by atomic mass is 32.1. The van der Waals surface area contributed by atoms with Crippen molar-refractivity contribution in [3.63, 3.8) is 0 Å². The lowest BCUT2D eigenvalue weighted by atomic mass is 10.2. The average molecular weight is 262 g/mol. The Balaban J connectivity index is 0.000000367. The zero-order valence-electron chi connectivity index (χ0n) is 11.6. The van der Waals surface area contributed by atoms with Gasteiger partial charge in [0, 0.05) is 13.1 Å². The molecule has 3 heteroatoms. The van der Waals surface area contributed by atoms with Crippen molar-refractivity contribution in [2.24, 2.45) is 0 Å². The van der Waals surface area contributed by atoms with Crippen molar-refractivity contribution >= 4 is 27.2 Å². The molecular weight excluding hydrogens is 240 g/mol. The zero-order valence-corrected chi connectivity index (χ0v) is 12.4. The molecule has 0 atom stereocenters. The van der Waals surface area contributed by atoms with Crippen LogP contribution in [0.4, 0.5) is 5.69 Å². The lowest BCUT2D eigenvalue weighted by molar-refractivity contribution is 0.949. The van der Waals surface area contributed by atoms with Crippen molar-refractivity contribution in [2.75, 3.05) is 18.0 Å². The number of nitrogens with zero attached hydrogens (tertiary/aromatic N) is 2. The number of benzene rings is 1. The molecule has 1 aliphatic heterocycles. The zero-order chi connectivity index (χ0) is 13.0. The molecule has 0 amide bonds. The minimum Gasteiger partial charge on any atom is -0.370 e. The fourth-order valence-electron chi connectivity index (χ4n) is 2.26. The lowest BCUT2D eigenvalue weighted by Gasteiger charge is -2.17. The van der Waals surface area contributed by atoms with Crippen LogP contribution in [0.25, 0.3) is 10.2 Å². The van der Waals surface area contributed by atoms with Gasteiger partial charge in [0.05, 0.1) is 15.4 Å². The topological polar surface area (TPSA) is 16.1 Å². The van der Waals surface area contributed by atoms with Crippen LogP contribution in [-0.4, -0.2) is 18.1 Å². The Hall–Kier alpha value is -1.09. The molecular formula is C15H22N2S. The summed E-state index contributed by atoms with van der Waals surface area (Å²) in [7, 11) is 0. The van der Waals surface area contributed by atoms with Crippen molar-refractivity contribution in [2.45, 2.75) is 40.0 Å². The van der Waals surface area contributed by atoms with E-state index in [1.54, 1.807) is 11.3 Å². The Bertz CT molecular complexity index is 498. The van der Waals surface area contributed by atoms with Crippen LogP contribution in [0.3, 0.4) is 0 Å². The molecule has 1 saturated heterocycles. The van der Waals surface area contributed by atoms with Gasteiger partial charge < -0.3 is 4.90 Å². The Morgan fingerprint density at radius 1 is 1.22 bits per heavy atom. The third-order valence-electron chi connectivity index (χ3n) is 2.95. The molecule has 0 N–H and O–H groups in total. The van der Waals surface area contributed by atoms with Crippen LogP contribution in [-0.2, 0) is 0 Å². The van der Waals surface area contributed by atoms with Crippen molar-refractivity contribution in [3.05, 3.63) is 23.2 Å². The van der Waals surface area contributed by atoms with Gasteiger partial charge in [-0.3, -0.25) is 0 Å². The Morgan fingerprint density at radius 3 is 2.56 bits per heavy atom. The number of thiazole rings is 1. The van der Waals surface area contributed by atoms with Crippen LogP contribution < -0.4 is 4.90 Å². The molecule has 1 aliphatic rings. The summed E-state index contributed by atoms with van der Waals surface area (Å²) in [6.07, 6.45) is 3.89. The Kier molecular flexibility index (Phi) is 4.59. The number of rotatable bonds is 1. The molecule has 2 nitrogen and oxygen atoms in total. The largest absolute Gasteiger partial charge is 0.370 e. The van der Waals surface area contributed by atoms with E-state index in [1.807, 2.05) is 0 Å². The summed E-state index contributed by atoms with van der Waals surface area (Å²) in [6.45, 7) is 8.71. The maximum Gasteiger partial charge on any atom is 0.105 e. The van der Waals surface area contributed by atoms with Gasteiger partial charge in [0.1, 0.15) is 5.52 Å². The van der Waals surface area contributed by atoms with Gasteiger partial charge in [0.15, 0.2) is 0 Å². The predicted octanol–water partition coefficient (Wildman–Crippen LogP) is 4.62. The van der Waals surface area contributed by atoms with E-state index in [1.165, 1.54) is 48.3 Å². The first kappa shape index (κ1) is 13.3. The van der Waals surface area contributed by atoms with Gasteiger partial charge in [-0.25, -0.2) is 4.98 Å². The molecule has 0 aliphatic carbocycles. The van der Waals surface area contributed by atoms with Crippen LogP contribution in [0.15, 0.2) is 18.2 Å². The first-order valence-electron chi connectivity index (χ1n) is 6.87. The number of para-hydroxylation sites is 1. The second-order valence-electron chi connectivity index (χ2n) is 4.76. The molecule has 98 valence electrons. The smallest absolute Gasteiger partial charge is 0.105 e. The van der Waals surface area contributed by atoms with Gasteiger partial charge in [-0.15, -0.1) is 11.3 Å². The summed E-state index contributed by atoms with van der Waals surface area (Å²) in [5.74, 6) is 0. The van der Waals surface area contributed by atoms with Crippen molar-refractivity contribution in [1.29, 1.82) is 0 Å². The van der Waals surface area contributed by atoms with E-state index in [2.05, 4.69) is 48.9 Å². The maximum absolute atomic E-state index is 4.63. The van der Waals surface area contributed by atoms with Crippen LogP contribution in [0.5, 0.6) is 0 Å².